The summed E-state index contributed by atoms with van der Waals surface area (Å²) in [5.74, 6) is 1.77. The summed E-state index contributed by atoms with van der Waals surface area (Å²) in [7, 11) is 0. The number of piperidine rings is 1. The maximum Gasteiger partial charge on any atom is 0.137 e. The molecular weight excluding hydrogens is 328 g/mol. The van der Waals surface area contributed by atoms with E-state index in [1.807, 2.05) is 6.07 Å². The first-order chi connectivity index (χ1) is 9.84. The number of aromatic nitrogens is 2. The molecule has 1 unspecified atom stereocenters. The molecule has 1 fully saturated rings. The molecule has 5 heteroatoms. The van der Waals surface area contributed by atoms with Gasteiger partial charge in [-0.2, -0.15) is 0 Å². The number of hydrogen-bond donors (Lipinski definition) is 1. The van der Waals surface area contributed by atoms with Gasteiger partial charge in [-0.25, -0.2) is 9.97 Å². The van der Waals surface area contributed by atoms with Crippen molar-refractivity contribution in [3.05, 3.63) is 16.5 Å². The lowest BCUT2D eigenvalue weighted by atomic mass is 9.96. The minimum atomic E-state index is -0.0453. The third-order valence-corrected chi connectivity index (χ3v) is 4.15. The van der Waals surface area contributed by atoms with E-state index in [2.05, 4.69) is 63.8 Å². The smallest absolute Gasteiger partial charge is 0.137 e. The second-order valence-electron chi connectivity index (χ2n) is 7.06. The SMILES string of the molecule is CC(CN1CCCCC1)Nc1cc(Br)nc(C(C)(C)C)n1. The van der Waals surface area contributed by atoms with Crippen LogP contribution in [0.4, 0.5) is 5.82 Å². The molecule has 0 aliphatic carbocycles. The maximum absolute atomic E-state index is 4.67. The predicted octanol–water partition coefficient (Wildman–Crippen LogP) is 3.82. The fourth-order valence-corrected chi connectivity index (χ4v) is 3.04. The fourth-order valence-electron chi connectivity index (χ4n) is 2.65. The highest BCUT2D eigenvalue weighted by Crippen LogP contribution is 2.23. The van der Waals surface area contributed by atoms with Crippen LogP contribution in [0.25, 0.3) is 0 Å². The van der Waals surface area contributed by atoms with Gasteiger partial charge in [-0.1, -0.05) is 27.2 Å². The van der Waals surface area contributed by atoms with E-state index < -0.39 is 0 Å². The predicted molar refractivity (Wildman–Crippen MR) is 91.8 cm³/mol. The molecule has 1 aliphatic rings. The van der Waals surface area contributed by atoms with Crippen molar-refractivity contribution in [3.8, 4) is 0 Å². The number of rotatable bonds is 4. The van der Waals surface area contributed by atoms with Crippen LogP contribution >= 0.6 is 15.9 Å². The Morgan fingerprint density at radius 3 is 2.52 bits per heavy atom. The Morgan fingerprint density at radius 2 is 1.90 bits per heavy atom. The quantitative estimate of drug-likeness (QED) is 0.834. The minimum absolute atomic E-state index is 0.0453. The highest BCUT2D eigenvalue weighted by Gasteiger charge is 2.19. The zero-order valence-electron chi connectivity index (χ0n) is 13.6. The zero-order valence-corrected chi connectivity index (χ0v) is 15.2. The van der Waals surface area contributed by atoms with E-state index >= 15 is 0 Å². The summed E-state index contributed by atoms with van der Waals surface area (Å²) in [6, 6.07) is 2.35. The van der Waals surface area contributed by atoms with E-state index in [0.29, 0.717) is 6.04 Å². The molecule has 1 saturated heterocycles. The molecule has 1 N–H and O–H groups in total. The molecule has 118 valence electrons. The molecule has 21 heavy (non-hydrogen) atoms. The molecule has 0 radical (unpaired) electrons. The molecule has 1 aromatic heterocycles. The molecule has 0 amide bonds. The van der Waals surface area contributed by atoms with Gasteiger partial charge in [-0.05, 0) is 48.8 Å². The largest absolute Gasteiger partial charge is 0.366 e. The summed E-state index contributed by atoms with van der Waals surface area (Å²) in [6.07, 6.45) is 4.05. The van der Waals surface area contributed by atoms with Gasteiger partial charge < -0.3 is 10.2 Å². The van der Waals surface area contributed by atoms with Crippen molar-refractivity contribution in [3.63, 3.8) is 0 Å². The molecule has 2 heterocycles. The van der Waals surface area contributed by atoms with Crippen LogP contribution in [0.5, 0.6) is 0 Å². The van der Waals surface area contributed by atoms with Gasteiger partial charge in [0.2, 0.25) is 0 Å². The van der Waals surface area contributed by atoms with Gasteiger partial charge in [0.1, 0.15) is 16.2 Å². The third kappa shape index (κ3) is 5.22. The summed E-state index contributed by atoms with van der Waals surface area (Å²) < 4.78 is 0.843. The van der Waals surface area contributed by atoms with Crippen LogP contribution in [0, 0.1) is 0 Å². The minimum Gasteiger partial charge on any atom is -0.366 e. The molecule has 0 saturated carbocycles. The van der Waals surface area contributed by atoms with Crippen LogP contribution in [0.1, 0.15) is 52.8 Å². The van der Waals surface area contributed by atoms with Crippen LogP contribution in [0.2, 0.25) is 0 Å². The normalized spacial score (nSPS) is 18.5. The topological polar surface area (TPSA) is 41.0 Å². The second-order valence-corrected chi connectivity index (χ2v) is 7.87. The van der Waals surface area contributed by atoms with E-state index in [9.17, 15) is 0 Å². The van der Waals surface area contributed by atoms with Gasteiger partial charge in [0.15, 0.2) is 0 Å². The van der Waals surface area contributed by atoms with Crippen LogP contribution < -0.4 is 5.32 Å². The average molecular weight is 355 g/mol. The van der Waals surface area contributed by atoms with Gasteiger partial charge in [0.05, 0.1) is 0 Å². The molecular formula is C16H27BrN4. The molecule has 1 aliphatic heterocycles. The van der Waals surface area contributed by atoms with Crippen LogP contribution in [0.15, 0.2) is 10.7 Å². The van der Waals surface area contributed by atoms with Crippen molar-refractivity contribution in [2.75, 3.05) is 25.0 Å². The molecule has 0 bridgehead atoms. The Bertz CT molecular complexity index is 464. The zero-order chi connectivity index (χ0) is 15.5. The Kier molecular flexibility index (Phi) is 5.60. The summed E-state index contributed by atoms with van der Waals surface area (Å²) in [5.41, 5.74) is -0.0453. The number of anilines is 1. The van der Waals surface area contributed by atoms with Crippen molar-refractivity contribution in [1.82, 2.24) is 14.9 Å². The van der Waals surface area contributed by atoms with Crippen LogP contribution in [-0.4, -0.2) is 40.5 Å². The molecule has 0 spiro atoms. The Hall–Kier alpha value is -0.680. The van der Waals surface area contributed by atoms with E-state index in [4.69, 9.17) is 0 Å². The first-order valence-electron chi connectivity index (χ1n) is 7.88. The van der Waals surface area contributed by atoms with E-state index in [1.54, 1.807) is 0 Å². The second kappa shape index (κ2) is 7.05. The Balaban J connectivity index is 1.99. The fraction of sp³-hybridized carbons (Fsp3) is 0.750. The number of hydrogen-bond acceptors (Lipinski definition) is 4. The Morgan fingerprint density at radius 1 is 1.24 bits per heavy atom. The number of likely N-dealkylation sites (tertiary alicyclic amines) is 1. The van der Waals surface area contributed by atoms with Gasteiger partial charge in [-0.3, -0.25) is 0 Å². The highest BCUT2D eigenvalue weighted by molar-refractivity contribution is 9.10. The van der Waals surface area contributed by atoms with E-state index in [1.165, 1.54) is 32.4 Å². The first kappa shape index (κ1) is 16.7. The molecule has 1 aromatic rings. The van der Waals surface area contributed by atoms with Gasteiger partial charge >= 0.3 is 0 Å². The summed E-state index contributed by atoms with van der Waals surface area (Å²) in [4.78, 5) is 11.7. The van der Waals surface area contributed by atoms with Gasteiger partial charge in [0.25, 0.3) is 0 Å². The van der Waals surface area contributed by atoms with Crippen molar-refractivity contribution in [1.29, 1.82) is 0 Å². The molecule has 2 rings (SSSR count). The van der Waals surface area contributed by atoms with E-state index in [-0.39, 0.29) is 5.41 Å². The molecule has 0 aromatic carbocycles. The highest BCUT2D eigenvalue weighted by atomic mass is 79.9. The molecule has 1 atom stereocenters. The lowest BCUT2D eigenvalue weighted by Crippen LogP contribution is -2.38. The maximum atomic E-state index is 4.67. The third-order valence-electron chi connectivity index (χ3n) is 3.74. The molecule has 4 nitrogen and oxygen atoms in total. The van der Waals surface area contributed by atoms with Crippen molar-refractivity contribution in [2.24, 2.45) is 0 Å². The van der Waals surface area contributed by atoms with Gasteiger partial charge in [0, 0.05) is 24.1 Å². The number of halogens is 1. The van der Waals surface area contributed by atoms with Gasteiger partial charge in [-0.15, -0.1) is 0 Å². The first-order valence-corrected chi connectivity index (χ1v) is 8.68. The lowest BCUT2D eigenvalue weighted by molar-refractivity contribution is 0.223. The summed E-state index contributed by atoms with van der Waals surface area (Å²) >= 11 is 3.49. The number of nitrogens with one attached hydrogen (secondary N) is 1. The summed E-state index contributed by atoms with van der Waals surface area (Å²) in [5, 5.41) is 3.52. The number of nitrogens with zero attached hydrogens (tertiary/aromatic N) is 3. The Labute approximate surface area is 136 Å². The summed E-state index contributed by atoms with van der Waals surface area (Å²) in [6.45, 7) is 12.2. The van der Waals surface area contributed by atoms with Crippen molar-refractivity contribution >= 4 is 21.7 Å². The van der Waals surface area contributed by atoms with Crippen LogP contribution in [-0.2, 0) is 5.41 Å². The standard InChI is InChI=1S/C16H27BrN4/c1-12(11-21-8-6-5-7-9-21)18-14-10-13(17)19-15(20-14)16(2,3)4/h10,12H,5-9,11H2,1-4H3,(H,18,19,20). The lowest BCUT2D eigenvalue weighted by Gasteiger charge is -2.29. The van der Waals surface area contributed by atoms with Crippen LogP contribution in [0.3, 0.4) is 0 Å². The average Bonchev–Trinajstić information content (AvgIpc) is 2.37. The van der Waals surface area contributed by atoms with Crippen molar-refractivity contribution < 1.29 is 0 Å². The van der Waals surface area contributed by atoms with E-state index in [0.717, 1.165) is 22.8 Å². The van der Waals surface area contributed by atoms with Crippen molar-refractivity contribution in [2.45, 2.75) is 58.4 Å². The monoisotopic (exact) mass is 354 g/mol.